The predicted octanol–water partition coefficient (Wildman–Crippen LogP) is 3.29. The zero-order chi connectivity index (χ0) is 14.7. The van der Waals surface area contributed by atoms with Crippen LogP contribution in [0.15, 0.2) is 48.5 Å². The average molecular weight is 396 g/mol. The van der Waals surface area contributed by atoms with E-state index >= 15 is 0 Å². The maximum atomic E-state index is 11.9. The number of hydrogen-bond acceptors (Lipinski definition) is 4. The maximum Gasteiger partial charge on any atom is 0.338 e. The van der Waals surface area contributed by atoms with Crippen molar-refractivity contribution in [1.82, 2.24) is 0 Å². The van der Waals surface area contributed by atoms with Crippen LogP contribution < -0.4 is 9.47 Å². The lowest BCUT2D eigenvalue weighted by atomic mass is 10.2. The summed E-state index contributed by atoms with van der Waals surface area (Å²) >= 11 is 2.19. The first-order valence-corrected chi connectivity index (χ1v) is 7.61. The molecule has 0 radical (unpaired) electrons. The van der Waals surface area contributed by atoms with E-state index in [0.717, 1.165) is 9.32 Å². The molecule has 0 aliphatic carbocycles. The van der Waals surface area contributed by atoms with Crippen molar-refractivity contribution in [3.05, 3.63) is 57.7 Å². The topological polar surface area (TPSA) is 44.8 Å². The van der Waals surface area contributed by atoms with E-state index in [4.69, 9.17) is 14.2 Å². The van der Waals surface area contributed by atoms with Crippen LogP contribution in [0.1, 0.15) is 10.4 Å². The molecule has 5 heteroatoms. The van der Waals surface area contributed by atoms with Gasteiger partial charge >= 0.3 is 5.97 Å². The van der Waals surface area contributed by atoms with Crippen LogP contribution in [0.2, 0.25) is 0 Å². The molecule has 2 aromatic rings. The van der Waals surface area contributed by atoms with Crippen LogP contribution in [0.3, 0.4) is 0 Å². The zero-order valence-corrected chi connectivity index (χ0v) is 13.3. The summed E-state index contributed by atoms with van der Waals surface area (Å²) in [5.41, 5.74) is 0.535. The number of hydrogen-bond donors (Lipinski definition) is 0. The van der Waals surface area contributed by atoms with Gasteiger partial charge < -0.3 is 14.2 Å². The first-order chi connectivity index (χ1) is 10.2. The molecule has 1 aliphatic rings. The third-order valence-electron chi connectivity index (χ3n) is 3.05. The number of carbonyl (C=O) groups excluding carboxylic acids is 1. The fourth-order valence-corrected chi connectivity index (χ4v) is 2.34. The molecule has 0 amide bonds. The van der Waals surface area contributed by atoms with Gasteiger partial charge in [0.15, 0.2) is 17.6 Å². The van der Waals surface area contributed by atoms with Crippen molar-refractivity contribution in [3.63, 3.8) is 0 Å². The van der Waals surface area contributed by atoms with Crippen LogP contribution in [0.5, 0.6) is 11.5 Å². The third-order valence-corrected chi connectivity index (χ3v) is 3.77. The minimum absolute atomic E-state index is 0.166. The number of ether oxygens (including phenoxy) is 3. The van der Waals surface area contributed by atoms with E-state index in [0.29, 0.717) is 17.9 Å². The van der Waals surface area contributed by atoms with E-state index < -0.39 is 0 Å². The van der Waals surface area contributed by atoms with Gasteiger partial charge in [0.05, 0.1) is 5.56 Å². The summed E-state index contributed by atoms with van der Waals surface area (Å²) in [7, 11) is 0. The van der Waals surface area contributed by atoms with Gasteiger partial charge in [-0.05, 0) is 59.0 Å². The molecule has 2 aromatic carbocycles. The van der Waals surface area contributed by atoms with Gasteiger partial charge in [0, 0.05) is 3.57 Å². The van der Waals surface area contributed by atoms with Crippen molar-refractivity contribution in [2.24, 2.45) is 0 Å². The van der Waals surface area contributed by atoms with Crippen LogP contribution in [-0.4, -0.2) is 25.3 Å². The summed E-state index contributed by atoms with van der Waals surface area (Å²) in [5, 5.41) is 0. The summed E-state index contributed by atoms with van der Waals surface area (Å²) < 4.78 is 17.7. The molecule has 0 aromatic heterocycles. The van der Waals surface area contributed by atoms with E-state index in [1.54, 1.807) is 12.1 Å². The standard InChI is InChI=1S/C16H13IO4/c17-12-7-5-11(6-8-12)16(18)20-10-13-9-19-14-3-1-2-4-15(14)21-13/h1-8,13H,9-10H2/t13-/m0/s1. The Hall–Kier alpha value is -1.76. The molecule has 0 spiro atoms. The molecule has 1 aliphatic heterocycles. The smallest absolute Gasteiger partial charge is 0.338 e. The van der Waals surface area contributed by atoms with E-state index in [9.17, 15) is 4.79 Å². The van der Waals surface area contributed by atoms with Gasteiger partial charge in [0.2, 0.25) is 0 Å². The lowest BCUT2D eigenvalue weighted by molar-refractivity contribution is 0.0110. The second kappa shape index (κ2) is 6.34. The number of carbonyl (C=O) groups is 1. The molecule has 0 fully saturated rings. The number of halogens is 1. The molecule has 0 unspecified atom stereocenters. The predicted molar refractivity (Wildman–Crippen MR) is 85.8 cm³/mol. The Labute approximate surface area is 136 Å². The number of para-hydroxylation sites is 2. The number of benzene rings is 2. The highest BCUT2D eigenvalue weighted by Gasteiger charge is 2.22. The normalized spacial score (nSPS) is 16.3. The minimum Gasteiger partial charge on any atom is -0.486 e. The number of esters is 1. The van der Waals surface area contributed by atoms with E-state index in [-0.39, 0.29) is 18.7 Å². The molecule has 0 saturated heterocycles. The van der Waals surface area contributed by atoms with Crippen molar-refractivity contribution in [2.75, 3.05) is 13.2 Å². The molecule has 3 rings (SSSR count). The highest BCUT2D eigenvalue weighted by atomic mass is 127. The van der Waals surface area contributed by atoms with Crippen LogP contribution >= 0.6 is 22.6 Å². The molecule has 4 nitrogen and oxygen atoms in total. The molecular weight excluding hydrogens is 383 g/mol. The van der Waals surface area contributed by atoms with E-state index in [1.165, 1.54) is 0 Å². The zero-order valence-electron chi connectivity index (χ0n) is 11.1. The molecule has 108 valence electrons. The third kappa shape index (κ3) is 3.47. The van der Waals surface area contributed by atoms with Crippen molar-refractivity contribution in [1.29, 1.82) is 0 Å². The van der Waals surface area contributed by atoms with Crippen LogP contribution in [0, 0.1) is 3.57 Å². The van der Waals surface area contributed by atoms with Gasteiger partial charge in [-0.2, -0.15) is 0 Å². The average Bonchev–Trinajstić information content (AvgIpc) is 2.53. The highest BCUT2D eigenvalue weighted by Crippen LogP contribution is 2.30. The van der Waals surface area contributed by atoms with Gasteiger partial charge in [-0.25, -0.2) is 4.79 Å². The summed E-state index contributed by atoms with van der Waals surface area (Å²) in [6.45, 7) is 0.538. The molecule has 0 saturated carbocycles. The Kier molecular flexibility index (Phi) is 4.28. The number of rotatable bonds is 3. The summed E-state index contributed by atoms with van der Waals surface area (Å²) in [6, 6.07) is 14.7. The second-order valence-corrected chi connectivity index (χ2v) is 5.85. The summed E-state index contributed by atoms with van der Waals surface area (Å²) in [5.74, 6) is 1.05. The minimum atomic E-state index is -0.353. The van der Waals surface area contributed by atoms with E-state index in [1.807, 2.05) is 36.4 Å². The molecule has 21 heavy (non-hydrogen) atoms. The van der Waals surface area contributed by atoms with Gasteiger partial charge in [0.25, 0.3) is 0 Å². The van der Waals surface area contributed by atoms with Crippen LogP contribution in [-0.2, 0) is 4.74 Å². The summed E-state index contributed by atoms with van der Waals surface area (Å²) in [6.07, 6.45) is -0.285. The first-order valence-electron chi connectivity index (χ1n) is 6.53. The largest absolute Gasteiger partial charge is 0.486 e. The fraction of sp³-hybridized carbons (Fsp3) is 0.188. The van der Waals surface area contributed by atoms with Gasteiger partial charge in [-0.3, -0.25) is 0 Å². The molecule has 1 heterocycles. The highest BCUT2D eigenvalue weighted by molar-refractivity contribution is 14.1. The Morgan fingerprint density at radius 3 is 2.62 bits per heavy atom. The Bertz CT molecular complexity index is 639. The lowest BCUT2D eigenvalue weighted by Crippen LogP contribution is -2.34. The first kappa shape index (κ1) is 14.2. The number of fused-ring (bicyclic) bond motifs is 1. The molecule has 1 atom stereocenters. The van der Waals surface area contributed by atoms with E-state index in [2.05, 4.69) is 22.6 Å². The van der Waals surface area contributed by atoms with Gasteiger partial charge in [-0.15, -0.1) is 0 Å². The van der Waals surface area contributed by atoms with Crippen molar-refractivity contribution in [3.8, 4) is 11.5 Å². The second-order valence-electron chi connectivity index (χ2n) is 4.60. The van der Waals surface area contributed by atoms with Gasteiger partial charge in [-0.1, -0.05) is 12.1 Å². The lowest BCUT2D eigenvalue weighted by Gasteiger charge is -2.26. The Balaban J connectivity index is 1.56. The van der Waals surface area contributed by atoms with Crippen molar-refractivity contribution in [2.45, 2.75) is 6.10 Å². The Morgan fingerprint density at radius 2 is 1.86 bits per heavy atom. The Morgan fingerprint density at radius 1 is 1.14 bits per heavy atom. The molecular formula is C16H13IO4. The van der Waals surface area contributed by atoms with Crippen molar-refractivity contribution >= 4 is 28.6 Å². The van der Waals surface area contributed by atoms with Crippen molar-refractivity contribution < 1.29 is 19.0 Å². The van der Waals surface area contributed by atoms with Gasteiger partial charge in [0.1, 0.15) is 13.2 Å². The summed E-state index contributed by atoms with van der Waals surface area (Å²) in [4.78, 5) is 11.9. The SMILES string of the molecule is O=C(OC[C@@H]1COc2ccccc2O1)c1ccc(I)cc1. The molecule has 0 N–H and O–H groups in total. The molecule has 0 bridgehead atoms. The van der Waals surface area contributed by atoms with Crippen LogP contribution in [0.4, 0.5) is 0 Å². The maximum absolute atomic E-state index is 11.9. The fourth-order valence-electron chi connectivity index (χ4n) is 1.98. The monoisotopic (exact) mass is 396 g/mol. The quantitative estimate of drug-likeness (QED) is 0.590. The van der Waals surface area contributed by atoms with Crippen LogP contribution in [0.25, 0.3) is 0 Å².